The summed E-state index contributed by atoms with van der Waals surface area (Å²) in [5, 5.41) is 29.4. The summed E-state index contributed by atoms with van der Waals surface area (Å²) in [7, 11) is 0. The van der Waals surface area contributed by atoms with Crippen molar-refractivity contribution >= 4 is 23.4 Å². The SMILES string of the molecule is C[C@H]1C/C=C\C(O)C/C=C\C(=O)Cc2c(Cl)c(O)cc(O)c2C(=O)O1. The number of carbonyl (C=O) groups excluding carboxylic acids is 2. The molecule has 0 spiro atoms. The van der Waals surface area contributed by atoms with Gasteiger partial charge in [-0.3, -0.25) is 4.79 Å². The Morgan fingerprint density at radius 1 is 1.16 bits per heavy atom. The number of aliphatic hydroxyl groups excluding tert-OH is 1. The lowest BCUT2D eigenvalue weighted by Crippen LogP contribution is -2.18. The number of aromatic hydroxyl groups is 2. The molecular formula is C18H19ClO6. The van der Waals surface area contributed by atoms with Crippen LogP contribution in [0.15, 0.2) is 30.4 Å². The second kappa shape index (κ2) is 8.18. The third-order valence-electron chi connectivity index (χ3n) is 3.69. The predicted molar refractivity (Wildman–Crippen MR) is 91.9 cm³/mol. The van der Waals surface area contributed by atoms with Crippen LogP contribution < -0.4 is 0 Å². The molecule has 1 aromatic rings. The molecule has 2 rings (SSSR count). The van der Waals surface area contributed by atoms with Gasteiger partial charge in [0, 0.05) is 24.5 Å². The third kappa shape index (κ3) is 4.84. The zero-order valence-corrected chi connectivity index (χ0v) is 14.4. The second-order valence-corrected chi connectivity index (χ2v) is 6.19. The van der Waals surface area contributed by atoms with E-state index in [1.807, 2.05) is 0 Å². The first-order valence-electron chi connectivity index (χ1n) is 7.78. The summed E-state index contributed by atoms with van der Waals surface area (Å²) in [6.07, 6.45) is 5.06. The van der Waals surface area contributed by atoms with E-state index < -0.39 is 35.5 Å². The largest absolute Gasteiger partial charge is 0.507 e. The summed E-state index contributed by atoms with van der Waals surface area (Å²) in [6.45, 7) is 1.66. The summed E-state index contributed by atoms with van der Waals surface area (Å²) in [4.78, 5) is 24.5. The van der Waals surface area contributed by atoms with Gasteiger partial charge in [0.05, 0.1) is 11.1 Å². The summed E-state index contributed by atoms with van der Waals surface area (Å²) < 4.78 is 5.27. The molecule has 1 aromatic carbocycles. The molecule has 0 bridgehead atoms. The standard InChI is InChI=1S/C18H19ClO6/c1-10-4-2-5-11(20)6-3-7-12(21)8-13-16(18(24)25-10)14(22)9-15(23)17(13)19/h2-3,5,7,9-11,20,22-23H,4,6,8H2,1H3/b5-2-,7-3-/t10-,11?/m0/s1. The van der Waals surface area contributed by atoms with Crippen molar-refractivity contribution in [2.45, 2.75) is 38.4 Å². The molecule has 3 N–H and O–H groups in total. The van der Waals surface area contributed by atoms with Crippen molar-refractivity contribution < 1.29 is 29.6 Å². The van der Waals surface area contributed by atoms with E-state index in [4.69, 9.17) is 16.3 Å². The minimum Gasteiger partial charge on any atom is -0.507 e. The molecule has 0 aromatic heterocycles. The maximum absolute atomic E-state index is 12.4. The normalized spacial score (nSPS) is 24.8. The van der Waals surface area contributed by atoms with Gasteiger partial charge in [-0.1, -0.05) is 29.8 Å². The minimum atomic E-state index is -0.843. The summed E-state index contributed by atoms with van der Waals surface area (Å²) >= 11 is 6.03. The first kappa shape index (κ1) is 19.0. The number of hydrogen-bond acceptors (Lipinski definition) is 6. The fourth-order valence-electron chi connectivity index (χ4n) is 2.45. The lowest BCUT2D eigenvalue weighted by atomic mass is 9.99. The lowest BCUT2D eigenvalue weighted by Gasteiger charge is -2.16. The number of aliphatic hydroxyl groups is 1. The molecule has 0 fully saturated rings. The third-order valence-corrected chi connectivity index (χ3v) is 4.11. The van der Waals surface area contributed by atoms with Crippen molar-refractivity contribution in [2.75, 3.05) is 0 Å². The van der Waals surface area contributed by atoms with Crippen LogP contribution in [0.1, 0.15) is 35.7 Å². The van der Waals surface area contributed by atoms with Crippen molar-refractivity contribution in [3.05, 3.63) is 46.5 Å². The Hall–Kier alpha value is -2.31. The Bertz CT molecular complexity index is 738. The van der Waals surface area contributed by atoms with E-state index in [2.05, 4.69) is 0 Å². The van der Waals surface area contributed by atoms with E-state index in [0.29, 0.717) is 6.42 Å². The second-order valence-electron chi connectivity index (χ2n) is 5.81. The molecule has 1 heterocycles. The Balaban J connectivity index is 2.49. The van der Waals surface area contributed by atoms with Crippen molar-refractivity contribution in [2.24, 2.45) is 0 Å². The number of carbonyl (C=O) groups is 2. The zero-order valence-electron chi connectivity index (χ0n) is 13.6. The quantitative estimate of drug-likeness (QED) is 0.481. The van der Waals surface area contributed by atoms with Crippen LogP contribution in [0.25, 0.3) is 0 Å². The number of benzene rings is 1. The van der Waals surface area contributed by atoms with E-state index in [1.54, 1.807) is 19.1 Å². The molecule has 7 heteroatoms. The number of cyclic esters (lactones) is 1. The number of halogens is 1. The molecule has 25 heavy (non-hydrogen) atoms. The maximum atomic E-state index is 12.4. The van der Waals surface area contributed by atoms with Gasteiger partial charge in [0.15, 0.2) is 5.78 Å². The molecule has 2 atom stereocenters. The van der Waals surface area contributed by atoms with Gasteiger partial charge in [0.25, 0.3) is 0 Å². The Labute approximate surface area is 150 Å². The van der Waals surface area contributed by atoms with Gasteiger partial charge in [-0.05, 0) is 19.4 Å². The monoisotopic (exact) mass is 366 g/mol. The first-order valence-corrected chi connectivity index (χ1v) is 8.15. The van der Waals surface area contributed by atoms with Gasteiger partial charge in [0.1, 0.15) is 23.2 Å². The highest BCUT2D eigenvalue weighted by Crippen LogP contribution is 2.37. The number of phenols is 2. The van der Waals surface area contributed by atoms with Gasteiger partial charge in [-0.25, -0.2) is 4.79 Å². The number of esters is 1. The average Bonchev–Trinajstić information content (AvgIpc) is 2.51. The van der Waals surface area contributed by atoms with Crippen LogP contribution in [-0.4, -0.2) is 39.3 Å². The molecule has 0 radical (unpaired) electrons. The van der Waals surface area contributed by atoms with Crippen LogP contribution in [-0.2, 0) is 16.0 Å². The van der Waals surface area contributed by atoms with Crippen molar-refractivity contribution in [3.63, 3.8) is 0 Å². The van der Waals surface area contributed by atoms with Crippen LogP contribution in [0.3, 0.4) is 0 Å². The van der Waals surface area contributed by atoms with E-state index in [1.165, 1.54) is 12.2 Å². The zero-order chi connectivity index (χ0) is 18.6. The highest BCUT2D eigenvalue weighted by atomic mass is 35.5. The van der Waals surface area contributed by atoms with Gasteiger partial charge in [0.2, 0.25) is 0 Å². The minimum absolute atomic E-state index is 0.000772. The molecule has 134 valence electrons. The van der Waals surface area contributed by atoms with Crippen LogP contribution in [0.4, 0.5) is 0 Å². The van der Waals surface area contributed by atoms with Gasteiger partial charge >= 0.3 is 5.97 Å². The van der Waals surface area contributed by atoms with Crippen molar-refractivity contribution in [1.82, 2.24) is 0 Å². The van der Waals surface area contributed by atoms with E-state index in [-0.39, 0.29) is 29.0 Å². The molecule has 0 aliphatic carbocycles. The predicted octanol–water partition coefficient (Wildman–Crippen LogP) is 2.68. The molecular weight excluding hydrogens is 348 g/mol. The number of hydrogen-bond donors (Lipinski definition) is 3. The van der Waals surface area contributed by atoms with E-state index in [9.17, 15) is 24.9 Å². The summed E-state index contributed by atoms with van der Waals surface area (Å²) in [5.41, 5.74) is -0.239. The molecule has 0 amide bonds. The van der Waals surface area contributed by atoms with Crippen molar-refractivity contribution in [1.29, 1.82) is 0 Å². The Morgan fingerprint density at radius 3 is 2.60 bits per heavy atom. The van der Waals surface area contributed by atoms with Gasteiger partial charge in [-0.2, -0.15) is 0 Å². The van der Waals surface area contributed by atoms with Crippen LogP contribution in [0.2, 0.25) is 5.02 Å². The average molecular weight is 367 g/mol. The van der Waals surface area contributed by atoms with Crippen LogP contribution >= 0.6 is 11.6 Å². The highest BCUT2D eigenvalue weighted by Gasteiger charge is 2.25. The van der Waals surface area contributed by atoms with Gasteiger partial charge in [-0.15, -0.1) is 0 Å². The number of ether oxygens (including phenoxy) is 1. The van der Waals surface area contributed by atoms with E-state index in [0.717, 1.165) is 6.07 Å². The highest BCUT2D eigenvalue weighted by molar-refractivity contribution is 6.33. The fraction of sp³-hybridized carbons (Fsp3) is 0.333. The maximum Gasteiger partial charge on any atom is 0.342 e. The van der Waals surface area contributed by atoms with Gasteiger partial charge < -0.3 is 20.1 Å². The smallest absolute Gasteiger partial charge is 0.342 e. The molecule has 1 aliphatic rings. The van der Waals surface area contributed by atoms with Crippen LogP contribution in [0.5, 0.6) is 11.5 Å². The molecule has 0 saturated carbocycles. The Kier molecular flexibility index (Phi) is 6.22. The molecule has 0 saturated heterocycles. The first-order chi connectivity index (χ1) is 11.8. The van der Waals surface area contributed by atoms with E-state index >= 15 is 0 Å². The number of allylic oxidation sites excluding steroid dienone is 1. The summed E-state index contributed by atoms with van der Waals surface area (Å²) in [6, 6.07) is 0.937. The molecule has 1 unspecified atom stereocenters. The molecule has 1 aliphatic heterocycles. The van der Waals surface area contributed by atoms with Crippen LogP contribution in [0, 0.1) is 0 Å². The summed E-state index contributed by atoms with van der Waals surface area (Å²) in [5.74, 6) is -2.19. The number of ketones is 1. The number of phenolic OH excluding ortho intramolecular Hbond substituents is 2. The number of rotatable bonds is 0. The van der Waals surface area contributed by atoms with Crippen molar-refractivity contribution in [3.8, 4) is 11.5 Å². The topological polar surface area (TPSA) is 104 Å². The molecule has 6 nitrogen and oxygen atoms in total. The lowest BCUT2D eigenvalue weighted by molar-refractivity contribution is -0.114. The Morgan fingerprint density at radius 2 is 1.88 bits per heavy atom. The fourth-order valence-corrected chi connectivity index (χ4v) is 2.66. The number of fused-ring (bicyclic) bond motifs is 1.